The predicted molar refractivity (Wildman–Crippen MR) is 79.3 cm³/mol. The normalized spacial score (nSPS) is 12.7. The molecule has 0 fully saturated rings. The lowest BCUT2D eigenvalue weighted by molar-refractivity contribution is -0.384. The zero-order valence-electron chi connectivity index (χ0n) is 11.1. The van der Waals surface area contributed by atoms with E-state index in [2.05, 4.69) is 16.4 Å². The predicted octanol–water partition coefficient (Wildman–Crippen LogP) is 3.02. The molecular formula is C14H12N4O2S. The highest BCUT2D eigenvalue weighted by atomic mass is 32.1. The minimum Gasteiger partial charge on any atom is -0.359 e. The third-order valence-electron chi connectivity index (χ3n) is 3.42. The van der Waals surface area contributed by atoms with Crippen LogP contribution in [0.15, 0.2) is 18.3 Å². The van der Waals surface area contributed by atoms with Crippen LogP contribution in [0.2, 0.25) is 0 Å². The van der Waals surface area contributed by atoms with Crippen LogP contribution in [0.1, 0.15) is 27.3 Å². The Labute approximate surface area is 125 Å². The molecule has 7 heteroatoms. The molecule has 0 aliphatic heterocycles. The lowest BCUT2D eigenvalue weighted by Crippen LogP contribution is -2.04. The van der Waals surface area contributed by atoms with Crippen LogP contribution in [0, 0.1) is 21.4 Å². The molecule has 0 bridgehead atoms. The smallest absolute Gasteiger partial charge is 0.312 e. The highest BCUT2D eigenvalue weighted by Gasteiger charge is 2.18. The average molecular weight is 300 g/mol. The maximum absolute atomic E-state index is 11.0. The summed E-state index contributed by atoms with van der Waals surface area (Å²) < 4.78 is 0. The third-order valence-corrected chi connectivity index (χ3v) is 4.66. The molecule has 0 saturated carbocycles. The minimum absolute atomic E-state index is 0.168. The summed E-state index contributed by atoms with van der Waals surface area (Å²) in [5.74, 6) is 0.201. The average Bonchev–Trinajstić information content (AvgIpc) is 3.05. The Kier molecular flexibility index (Phi) is 3.54. The number of pyridine rings is 1. The molecule has 2 aromatic heterocycles. The number of aromatic nitrogens is 1. The van der Waals surface area contributed by atoms with Gasteiger partial charge in [-0.3, -0.25) is 10.1 Å². The minimum atomic E-state index is -0.523. The Morgan fingerprint density at radius 3 is 3.05 bits per heavy atom. The van der Waals surface area contributed by atoms with Crippen molar-refractivity contribution in [3.05, 3.63) is 49.3 Å². The number of thiophene rings is 1. The van der Waals surface area contributed by atoms with Gasteiger partial charge in [-0.05, 0) is 30.9 Å². The Morgan fingerprint density at radius 2 is 2.33 bits per heavy atom. The molecule has 0 unspecified atom stereocenters. The van der Waals surface area contributed by atoms with Gasteiger partial charge in [-0.1, -0.05) is 0 Å². The highest BCUT2D eigenvalue weighted by molar-refractivity contribution is 7.12. The van der Waals surface area contributed by atoms with E-state index in [-0.39, 0.29) is 17.1 Å². The zero-order chi connectivity index (χ0) is 14.8. The largest absolute Gasteiger partial charge is 0.359 e. The Balaban J connectivity index is 1.78. The third kappa shape index (κ3) is 2.71. The lowest BCUT2D eigenvalue weighted by atomic mass is 10.2. The number of nitrogens with zero attached hydrogens (tertiary/aromatic N) is 3. The molecule has 2 aromatic rings. The molecule has 0 aromatic carbocycles. The summed E-state index contributed by atoms with van der Waals surface area (Å²) in [5, 5.41) is 22.8. The van der Waals surface area contributed by atoms with E-state index in [1.807, 2.05) is 6.07 Å². The maximum Gasteiger partial charge on any atom is 0.312 e. The van der Waals surface area contributed by atoms with Crippen LogP contribution in [0.3, 0.4) is 0 Å². The first-order chi connectivity index (χ1) is 10.2. The zero-order valence-corrected chi connectivity index (χ0v) is 11.9. The van der Waals surface area contributed by atoms with Crippen molar-refractivity contribution in [1.82, 2.24) is 4.98 Å². The molecule has 0 atom stereocenters. The fraction of sp³-hybridized carbons (Fsp3) is 0.286. The van der Waals surface area contributed by atoms with E-state index in [9.17, 15) is 10.1 Å². The molecular weight excluding hydrogens is 288 g/mol. The number of nitro groups is 1. The van der Waals surface area contributed by atoms with Gasteiger partial charge in [0.05, 0.1) is 17.0 Å². The van der Waals surface area contributed by atoms with Crippen LogP contribution in [-0.4, -0.2) is 9.91 Å². The molecule has 3 rings (SSSR count). The summed E-state index contributed by atoms with van der Waals surface area (Å²) in [6.07, 6.45) is 4.82. The summed E-state index contributed by atoms with van der Waals surface area (Å²) in [6.45, 7) is 0.511. The van der Waals surface area contributed by atoms with Crippen molar-refractivity contribution >= 4 is 22.8 Å². The van der Waals surface area contributed by atoms with Crippen molar-refractivity contribution in [3.63, 3.8) is 0 Å². The number of rotatable bonds is 4. The van der Waals surface area contributed by atoms with Crippen molar-refractivity contribution in [2.45, 2.75) is 25.8 Å². The number of nitriles is 1. The number of hydrogen-bond donors (Lipinski definition) is 1. The monoisotopic (exact) mass is 300 g/mol. The quantitative estimate of drug-likeness (QED) is 0.692. The molecule has 2 heterocycles. The first-order valence-corrected chi connectivity index (χ1v) is 7.38. The first-order valence-electron chi connectivity index (χ1n) is 6.56. The summed E-state index contributed by atoms with van der Waals surface area (Å²) >= 11 is 1.75. The molecule has 0 radical (unpaired) electrons. The van der Waals surface area contributed by atoms with E-state index in [1.54, 1.807) is 11.3 Å². The van der Waals surface area contributed by atoms with Crippen LogP contribution in [0.5, 0.6) is 0 Å². The van der Waals surface area contributed by atoms with Gasteiger partial charge in [-0.25, -0.2) is 4.98 Å². The lowest BCUT2D eigenvalue weighted by Gasteiger charge is -2.05. The van der Waals surface area contributed by atoms with Crippen LogP contribution >= 0.6 is 11.3 Å². The number of nitrogens with one attached hydrogen (secondary N) is 1. The molecule has 0 saturated heterocycles. The summed E-state index contributed by atoms with van der Waals surface area (Å²) in [7, 11) is 0. The van der Waals surface area contributed by atoms with Gasteiger partial charge in [-0.15, -0.1) is 11.3 Å². The van der Waals surface area contributed by atoms with E-state index in [1.165, 1.54) is 29.1 Å². The van der Waals surface area contributed by atoms with E-state index in [0.717, 1.165) is 17.7 Å². The fourth-order valence-corrected chi connectivity index (χ4v) is 3.64. The van der Waals surface area contributed by atoms with Crippen molar-refractivity contribution in [2.24, 2.45) is 0 Å². The van der Waals surface area contributed by atoms with Crippen LogP contribution in [-0.2, 0) is 19.4 Å². The van der Waals surface area contributed by atoms with Gasteiger partial charge in [0.2, 0.25) is 5.82 Å². The van der Waals surface area contributed by atoms with Crippen LogP contribution < -0.4 is 5.32 Å². The van der Waals surface area contributed by atoms with E-state index in [0.29, 0.717) is 6.54 Å². The standard InChI is InChI=1S/C14H12N4O2S/c15-6-9-4-12(18(19)20)14(16-7-9)17-8-11-5-10-2-1-3-13(10)21-11/h4-5,7H,1-3,8H2,(H,16,17). The van der Waals surface area contributed by atoms with E-state index >= 15 is 0 Å². The number of fused-ring (bicyclic) bond motifs is 1. The van der Waals surface area contributed by atoms with Crippen LogP contribution in [0.4, 0.5) is 11.5 Å². The van der Waals surface area contributed by atoms with E-state index in [4.69, 9.17) is 5.26 Å². The Hall–Kier alpha value is -2.46. The first kappa shape index (κ1) is 13.5. The SMILES string of the molecule is N#Cc1cnc(NCc2cc3c(s2)CCC3)c([N+](=O)[O-])c1. The Morgan fingerprint density at radius 1 is 1.48 bits per heavy atom. The number of anilines is 1. The van der Waals surface area contributed by atoms with Gasteiger partial charge < -0.3 is 5.32 Å². The topological polar surface area (TPSA) is 91.8 Å². The summed E-state index contributed by atoms with van der Waals surface area (Å²) in [6, 6.07) is 5.26. The molecule has 6 nitrogen and oxygen atoms in total. The van der Waals surface area contributed by atoms with Gasteiger partial charge in [-0.2, -0.15) is 5.26 Å². The Bertz CT molecular complexity index is 726. The van der Waals surface area contributed by atoms with Crippen molar-refractivity contribution in [3.8, 4) is 6.07 Å². The molecule has 21 heavy (non-hydrogen) atoms. The second-order valence-corrected chi connectivity index (χ2v) is 6.05. The molecule has 1 aliphatic rings. The van der Waals surface area contributed by atoms with Gasteiger partial charge in [0.15, 0.2) is 0 Å². The second kappa shape index (κ2) is 5.50. The van der Waals surface area contributed by atoms with Crippen molar-refractivity contribution in [1.29, 1.82) is 5.26 Å². The summed E-state index contributed by atoms with van der Waals surface area (Å²) in [4.78, 5) is 17.1. The molecule has 1 N–H and O–H groups in total. The van der Waals surface area contributed by atoms with Crippen LogP contribution in [0.25, 0.3) is 0 Å². The highest BCUT2D eigenvalue weighted by Crippen LogP contribution is 2.31. The van der Waals surface area contributed by atoms with Gasteiger partial charge in [0, 0.05) is 22.0 Å². The van der Waals surface area contributed by atoms with Crippen molar-refractivity contribution < 1.29 is 4.92 Å². The molecule has 0 amide bonds. The number of hydrogen-bond acceptors (Lipinski definition) is 6. The van der Waals surface area contributed by atoms with Gasteiger partial charge in [0.25, 0.3) is 0 Å². The summed E-state index contributed by atoms with van der Waals surface area (Å²) in [5.41, 5.74) is 1.42. The van der Waals surface area contributed by atoms with Gasteiger partial charge >= 0.3 is 5.69 Å². The molecule has 106 valence electrons. The maximum atomic E-state index is 11.0. The van der Waals surface area contributed by atoms with E-state index < -0.39 is 4.92 Å². The second-order valence-electron chi connectivity index (χ2n) is 4.83. The molecule has 0 spiro atoms. The van der Waals surface area contributed by atoms with Crippen molar-refractivity contribution in [2.75, 3.05) is 5.32 Å². The van der Waals surface area contributed by atoms with Gasteiger partial charge in [0.1, 0.15) is 6.07 Å². The fourth-order valence-electron chi connectivity index (χ4n) is 2.44. The molecule has 1 aliphatic carbocycles. The number of aryl methyl sites for hydroxylation is 2.